The van der Waals surface area contributed by atoms with Crippen molar-refractivity contribution >= 4 is 17.6 Å². The van der Waals surface area contributed by atoms with Gasteiger partial charge in [0, 0.05) is 17.5 Å². The van der Waals surface area contributed by atoms with Crippen molar-refractivity contribution in [3.05, 3.63) is 18.6 Å². The molecule has 0 fully saturated rings. The highest BCUT2D eigenvalue weighted by atomic mass is 32.2. The second-order valence-electron chi connectivity index (χ2n) is 5.05. The molecule has 0 bridgehead atoms. The van der Waals surface area contributed by atoms with Gasteiger partial charge in [0.25, 0.3) is 0 Å². The molecule has 1 heterocycles. The fraction of sp³-hybridized carbons (Fsp3) is 0.733. The molecule has 1 rings (SSSR count). The van der Waals surface area contributed by atoms with Gasteiger partial charge in [0.2, 0.25) is 0 Å². The van der Waals surface area contributed by atoms with Crippen LogP contribution in [-0.4, -0.2) is 27.5 Å². The van der Waals surface area contributed by atoms with Gasteiger partial charge in [0.05, 0.1) is 0 Å². The average molecular weight is 281 g/mol. The first kappa shape index (κ1) is 16.3. The molecule has 0 saturated carbocycles. The van der Waals surface area contributed by atoms with E-state index in [9.17, 15) is 0 Å². The maximum Gasteiger partial charge on any atom is 0.129 e. The van der Waals surface area contributed by atoms with Gasteiger partial charge in [-0.2, -0.15) is 11.8 Å². The molecule has 19 heavy (non-hydrogen) atoms. The van der Waals surface area contributed by atoms with E-state index in [1.807, 2.05) is 17.8 Å². The van der Waals surface area contributed by atoms with Crippen LogP contribution in [-0.2, 0) is 0 Å². The minimum Gasteiger partial charge on any atom is -0.367 e. The SMILES string of the molecule is CCC(CC)C(CCC(C)SC)Nc1ccncn1. The Labute approximate surface area is 122 Å². The van der Waals surface area contributed by atoms with Gasteiger partial charge in [-0.25, -0.2) is 9.97 Å². The fourth-order valence-electron chi connectivity index (χ4n) is 2.38. The number of nitrogens with one attached hydrogen (secondary N) is 1. The molecule has 1 N–H and O–H groups in total. The van der Waals surface area contributed by atoms with Crippen molar-refractivity contribution in [2.75, 3.05) is 11.6 Å². The Morgan fingerprint density at radius 1 is 1.26 bits per heavy atom. The largest absolute Gasteiger partial charge is 0.367 e. The van der Waals surface area contributed by atoms with Crippen LogP contribution in [0.1, 0.15) is 46.5 Å². The van der Waals surface area contributed by atoms with Gasteiger partial charge >= 0.3 is 0 Å². The lowest BCUT2D eigenvalue weighted by molar-refractivity contribution is 0.392. The second-order valence-corrected chi connectivity index (χ2v) is 6.32. The molecule has 1 aromatic heterocycles. The van der Waals surface area contributed by atoms with Crippen molar-refractivity contribution in [2.45, 2.75) is 57.7 Å². The lowest BCUT2D eigenvalue weighted by Crippen LogP contribution is -2.29. The molecule has 0 amide bonds. The number of hydrogen-bond donors (Lipinski definition) is 1. The van der Waals surface area contributed by atoms with Crippen molar-refractivity contribution in [2.24, 2.45) is 5.92 Å². The Bertz CT molecular complexity index is 327. The fourth-order valence-corrected chi connectivity index (χ4v) is 2.75. The molecule has 0 aliphatic rings. The van der Waals surface area contributed by atoms with Crippen molar-refractivity contribution < 1.29 is 0 Å². The van der Waals surface area contributed by atoms with Gasteiger partial charge in [0.15, 0.2) is 0 Å². The average Bonchev–Trinajstić information content (AvgIpc) is 2.46. The first-order chi connectivity index (χ1) is 9.21. The summed E-state index contributed by atoms with van der Waals surface area (Å²) in [6, 6.07) is 2.47. The number of thioether (sulfide) groups is 1. The van der Waals surface area contributed by atoms with E-state index in [1.165, 1.54) is 25.7 Å². The normalized spacial score (nSPS) is 14.4. The van der Waals surface area contributed by atoms with Gasteiger partial charge in [-0.1, -0.05) is 33.6 Å². The number of rotatable bonds is 9. The van der Waals surface area contributed by atoms with Crippen molar-refractivity contribution in [1.29, 1.82) is 0 Å². The van der Waals surface area contributed by atoms with Crippen LogP contribution in [0.4, 0.5) is 5.82 Å². The summed E-state index contributed by atoms with van der Waals surface area (Å²) in [7, 11) is 0. The van der Waals surface area contributed by atoms with Gasteiger partial charge in [0.1, 0.15) is 12.1 Å². The van der Waals surface area contributed by atoms with Crippen LogP contribution in [0, 0.1) is 5.92 Å². The van der Waals surface area contributed by atoms with Gasteiger partial charge < -0.3 is 5.32 Å². The standard InChI is InChI=1S/C15H27N3S/c1-5-13(6-2)14(8-7-12(3)19-4)18-15-9-10-16-11-17-15/h9-14H,5-8H2,1-4H3,(H,16,17,18). The number of hydrogen-bond acceptors (Lipinski definition) is 4. The third-order valence-electron chi connectivity index (χ3n) is 3.82. The zero-order valence-corrected chi connectivity index (χ0v) is 13.4. The van der Waals surface area contributed by atoms with E-state index >= 15 is 0 Å². The molecule has 0 radical (unpaired) electrons. The Kier molecular flexibility index (Phi) is 7.87. The molecule has 0 spiro atoms. The van der Waals surface area contributed by atoms with Crippen LogP contribution < -0.4 is 5.32 Å². The molecule has 2 unspecified atom stereocenters. The van der Waals surface area contributed by atoms with Crippen LogP contribution in [0.3, 0.4) is 0 Å². The maximum absolute atomic E-state index is 4.29. The number of anilines is 1. The molecule has 3 nitrogen and oxygen atoms in total. The molecule has 4 heteroatoms. The predicted molar refractivity (Wildman–Crippen MR) is 85.7 cm³/mol. The molecular weight excluding hydrogens is 254 g/mol. The Hall–Kier alpha value is -0.770. The van der Waals surface area contributed by atoms with Gasteiger partial charge in [-0.05, 0) is 31.1 Å². The monoisotopic (exact) mass is 281 g/mol. The summed E-state index contributed by atoms with van der Waals surface area (Å²) in [6.07, 6.45) is 10.5. The summed E-state index contributed by atoms with van der Waals surface area (Å²) in [6.45, 7) is 6.86. The summed E-state index contributed by atoms with van der Waals surface area (Å²) in [4.78, 5) is 8.26. The molecule has 2 atom stereocenters. The predicted octanol–water partition coefficient (Wildman–Crippen LogP) is 4.23. The summed E-state index contributed by atoms with van der Waals surface area (Å²) in [5.74, 6) is 1.66. The van der Waals surface area contributed by atoms with E-state index in [-0.39, 0.29) is 0 Å². The first-order valence-electron chi connectivity index (χ1n) is 7.26. The lowest BCUT2D eigenvalue weighted by atomic mass is 9.90. The minimum absolute atomic E-state index is 0.513. The quantitative estimate of drug-likeness (QED) is 0.735. The molecule has 0 saturated heterocycles. The Morgan fingerprint density at radius 3 is 2.53 bits per heavy atom. The van der Waals surface area contributed by atoms with Crippen LogP contribution in [0.5, 0.6) is 0 Å². The maximum atomic E-state index is 4.29. The third kappa shape index (κ3) is 5.81. The third-order valence-corrected chi connectivity index (χ3v) is 4.86. The van der Waals surface area contributed by atoms with Crippen molar-refractivity contribution in [3.8, 4) is 0 Å². The van der Waals surface area contributed by atoms with E-state index in [4.69, 9.17) is 0 Å². The summed E-state index contributed by atoms with van der Waals surface area (Å²) >= 11 is 1.95. The van der Waals surface area contributed by atoms with Crippen LogP contribution in [0.25, 0.3) is 0 Å². The minimum atomic E-state index is 0.513. The summed E-state index contributed by atoms with van der Waals surface area (Å²) < 4.78 is 0. The highest BCUT2D eigenvalue weighted by molar-refractivity contribution is 7.99. The summed E-state index contributed by atoms with van der Waals surface area (Å²) in [5, 5.41) is 4.33. The lowest BCUT2D eigenvalue weighted by Gasteiger charge is -2.27. The van der Waals surface area contributed by atoms with Crippen LogP contribution in [0.2, 0.25) is 0 Å². The second kappa shape index (κ2) is 9.18. The highest BCUT2D eigenvalue weighted by Gasteiger charge is 2.19. The Morgan fingerprint density at radius 2 is 2.00 bits per heavy atom. The molecule has 1 aromatic rings. The summed E-state index contributed by atoms with van der Waals surface area (Å²) in [5.41, 5.74) is 0. The van der Waals surface area contributed by atoms with E-state index in [2.05, 4.69) is 42.3 Å². The number of aromatic nitrogens is 2. The van der Waals surface area contributed by atoms with E-state index in [0.717, 1.165) is 11.1 Å². The molecule has 108 valence electrons. The van der Waals surface area contributed by atoms with E-state index < -0.39 is 0 Å². The molecule has 0 aliphatic carbocycles. The molecular formula is C15H27N3S. The first-order valence-corrected chi connectivity index (χ1v) is 8.55. The highest BCUT2D eigenvalue weighted by Crippen LogP contribution is 2.23. The zero-order valence-electron chi connectivity index (χ0n) is 12.6. The van der Waals surface area contributed by atoms with Gasteiger partial charge in [-0.3, -0.25) is 0 Å². The Balaban J connectivity index is 2.63. The molecule has 0 aliphatic heterocycles. The topological polar surface area (TPSA) is 37.8 Å². The van der Waals surface area contributed by atoms with Crippen molar-refractivity contribution in [3.63, 3.8) is 0 Å². The van der Waals surface area contributed by atoms with E-state index in [0.29, 0.717) is 12.0 Å². The zero-order chi connectivity index (χ0) is 14.1. The van der Waals surface area contributed by atoms with Crippen molar-refractivity contribution in [1.82, 2.24) is 9.97 Å². The van der Waals surface area contributed by atoms with Crippen LogP contribution >= 0.6 is 11.8 Å². The molecule has 0 aromatic carbocycles. The smallest absolute Gasteiger partial charge is 0.129 e. The van der Waals surface area contributed by atoms with E-state index in [1.54, 1.807) is 12.5 Å². The van der Waals surface area contributed by atoms with Gasteiger partial charge in [-0.15, -0.1) is 0 Å². The van der Waals surface area contributed by atoms with Crippen LogP contribution in [0.15, 0.2) is 18.6 Å². The number of nitrogens with zero attached hydrogens (tertiary/aromatic N) is 2.